The van der Waals surface area contributed by atoms with Crippen LogP contribution in [0.5, 0.6) is 5.75 Å². The third-order valence-corrected chi connectivity index (χ3v) is 3.15. The Morgan fingerprint density at radius 1 is 1.23 bits per heavy atom. The lowest BCUT2D eigenvalue weighted by molar-refractivity contribution is 0.241. The van der Waals surface area contributed by atoms with E-state index in [9.17, 15) is 0 Å². The molecule has 0 amide bonds. The molecular formula is C9H9Br2ClO. The summed E-state index contributed by atoms with van der Waals surface area (Å²) in [5.41, 5.74) is 0. The Morgan fingerprint density at radius 2 is 1.85 bits per heavy atom. The van der Waals surface area contributed by atoms with Crippen molar-refractivity contribution in [2.24, 2.45) is 0 Å². The van der Waals surface area contributed by atoms with Crippen molar-refractivity contribution in [3.8, 4) is 5.75 Å². The van der Waals surface area contributed by atoms with Crippen LogP contribution in [0.25, 0.3) is 0 Å². The molecule has 0 heterocycles. The molecule has 0 atom stereocenters. The number of benzene rings is 1. The zero-order valence-corrected chi connectivity index (χ0v) is 11.2. The zero-order chi connectivity index (χ0) is 10.0. The molecule has 0 aliphatic rings. The molecule has 0 radical (unpaired) electrons. The largest absolute Gasteiger partial charge is 0.490 e. The number of rotatable bonds is 2. The molecule has 1 aromatic rings. The standard InChI is InChI=1S/C9H9Br2ClO/c1-5(2)13-9-4-8(12)6(10)3-7(9)11/h3-5H,1-2H3. The van der Waals surface area contributed by atoms with Crippen molar-refractivity contribution in [3.63, 3.8) is 0 Å². The third-order valence-electron chi connectivity index (χ3n) is 1.34. The summed E-state index contributed by atoms with van der Waals surface area (Å²) in [6.45, 7) is 3.95. The van der Waals surface area contributed by atoms with E-state index in [1.807, 2.05) is 19.9 Å². The second kappa shape index (κ2) is 4.67. The summed E-state index contributed by atoms with van der Waals surface area (Å²) in [6, 6.07) is 3.66. The van der Waals surface area contributed by atoms with Crippen molar-refractivity contribution < 1.29 is 4.74 Å². The summed E-state index contributed by atoms with van der Waals surface area (Å²) in [5, 5.41) is 0.652. The lowest BCUT2D eigenvalue weighted by Gasteiger charge is -2.12. The van der Waals surface area contributed by atoms with Crippen molar-refractivity contribution >= 4 is 43.5 Å². The van der Waals surface area contributed by atoms with E-state index in [0.717, 1.165) is 14.7 Å². The molecule has 1 nitrogen and oxygen atoms in total. The van der Waals surface area contributed by atoms with Gasteiger partial charge in [-0.2, -0.15) is 0 Å². The molecule has 72 valence electrons. The normalized spacial score (nSPS) is 10.6. The van der Waals surface area contributed by atoms with Crippen LogP contribution in [0, 0.1) is 0 Å². The van der Waals surface area contributed by atoms with E-state index in [1.165, 1.54) is 0 Å². The SMILES string of the molecule is CC(C)Oc1cc(Cl)c(Br)cc1Br. The molecule has 0 bridgehead atoms. The molecule has 1 rings (SSSR count). The van der Waals surface area contributed by atoms with Crippen molar-refractivity contribution in [2.75, 3.05) is 0 Å². The quantitative estimate of drug-likeness (QED) is 0.718. The van der Waals surface area contributed by atoms with E-state index < -0.39 is 0 Å². The molecule has 0 unspecified atom stereocenters. The van der Waals surface area contributed by atoms with Gasteiger partial charge in [0.25, 0.3) is 0 Å². The van der Waals surface area contributed by atoms with Crippen LogP contribution in [0.1, 0.15) is 13.8 Å². The van der Waals surface area contributed by atoms with Gasteiger partial charge in [-0.25, -0.2) is 0 Å². The van der Waals surface area contributed by atoms with E-state index in [0.29, 0.717) is 5.02 Å². The molecular weight excluding hydrogens is 319 g/mol. The van der Waals surface area contributed by atoms with Gasteiger partial charge in [0.2, 0.25) is 0 Å². The summed E-state index contributed by atoms with van der Waals surface area (Å²) in [5.74, 6) is 0.767. The summed E-state index contributed by atoms with van der Waals surface area (Å²) < 4.78 is 7.29. The van der Waals surface area contributed by atoms with Gasteiger partial charge in [-0.15, -0.1) is 0 Å². The average Bonchev–Trinajstić information content (AvgIpc) is 1.99. The molecule has 0 aliphatic carbocycles. The van der Waals surface area contributed by atoms with Gasteiger partial charge >= 0.3 is 0 Å². The molecule has 0 fully saturated rings. The number of hydrogen-bond donors (Lipinski definition) is 0. The Balaban J connectivity index is 3.01. The Morgan fingerprint density at radius 3 is 2.38 bits per heavy atom. The summed E-state index contributed by atoms with van der Waals surface area (Å²) >= 11 is 12.6. The van der Waals surface area contributed by atoms with Gasteiger partial charge in [-0.05, 0) is 51.8 Å². The third kappa shape index (κ3) is 3.15. The summed E-state index contributed by atoms with van der Waals surface area (Å²) in [4.78, 5) is 0. The second-order valence-corrected chi connectivity index (χ2v) is 4.98. The van der Waals surface area contributed by atoms with Gasteiger partial charge in [-0.3, -0.25) is 0 Å². The molecule has 0 saturated heterocycles. The van der Waals surface area contributed by atoms with Crippen LogP contribution in [0.4, 0.5) is 0 Å². The van der Waals surface area contributed by atoms with Gasteiger partial charge in [0.05, 0.1) is 15.6 Å². The molecule has 0 saturated carbocycles. The molecule has 0 N–H and O–H groups in total. The Bertz CT molecular complexity index is 313. The van der Waals surface area contributed by atoms with E-state index in [-0.39, 0.29) is 6.10 Å². The minimum atomic E-state index is 0.147. The highest BCUT2D eigenvalue weighted by Gasteiger charge is 2.07. The predicted octanol–water partition coefficient (Wildman–Crippen LogP) is 4.65. The van der Waals surface area contributed by atoms with Crippen molar-refractivity contribution in [1.82, 2.24) is 0 Å². The predicted molar refractivity (Wildman–Crippen MR) is 62.6 cm³/mol. The Hall–Kier alpha value is 0.270. The van der Waals surface area contributed by atoms with E-state index in [2.05, 4.69) is 31.9 Å². The van der Waals surface area contributed by atoms with Crippen molar-refractivity contribution in [2.45, 2.75) is 20.0 Å². The topological polar surface area (TPSA) is 9.23 Å². The maximum Gasteiger partial charge on any atom is 0.135 e. The number of ether oxygens (including phenoxy) is 1. The molecule has 0 aromatic heterocycles. The Kier molecular flexibility index (Phi) is 4.07. The zero-order valence-electron chi connectivity index (χ0n) is 7.27. The van der Waals surface area contributed by atoms with Gasteiger partial charge in [0.15, 0.2) is 0 Å². The van der Waals surface area contributed by atoms with Gasteiger partial charge in [0.1, 0.15) is 5.75 Å². The minimum Gasteiger partial charge on any atom is -0.490 e. The number of halogens is 3. The lowest BCUT2D eigenvalue weighted by Crippen LogP contribution is -2.05. The molecule has 1 aromatic carbocycles. The smallest absolute Gasteiger partial charge is 0.135 e. The number of hydrogen-bond acceptors (Lipinski definition) is 1. The van der Waals surface area contributed by atoms with Crippen LogP contribution in [-0.2, 0) is 0 Å². The monoisotopic (exact) mass is 326 g/mol. The maximum atomic E-state index is 5.92. The van der Waals surface area contributed by atoms with Crippen LogP contribution in [0.15, 0.2) is 21.1 Å². The van der Waals surface area contributed by atoms with Crippen LogP contribution in [0.2, 0.25) is 5.02 Å². The fraction of sp³-hybridized carbons (Fsp3) is 0.333. The highest BCUT2D eigenvalue weighted by molar-refractivity contribution is 9.11. The Labute approximate surface area is 99.7 Å². The second-order valence-electron chi connectivity index (χ2n) is 2.86. The van der Waals surface area contributed by atoms with Crippen LogP contribution in [0.3, 0.4) is 0 Å². The van der Waals surface area contributed by atoms with Crippen LogP contribution in [-0.4, -0.2) is 6.10 Å². The highest BCUT2D eigenvalue weighted by Crippen LogP contribution is 2.34. The summed E-state index contributed by atoms with van der Waals surface area (Å²) in [7, 11) is 0. The van der Waals surface area contributed by atoms with Crippen LogP contribution >= 0.6 is 43.5 Å². The van der Waals surface area contributed by atoms with Crippen molar-refractivity contribution in [1.29, 1.82) is 0 Å². The van der Waals surface area contributed by atoms with Gasteiger partial charge < -0.3 is 4.74 Å². The average molecular weight is 328 g/mol. The summed E-state index contributed by atoms with van der Waals surface area (Å²) in [6.07, 6.45) is 0.147. The van der Waals surface area contributed by atoms with Gasteiger partial charge in [0, 0.05) is 10.5 Å². The molecule has 13 heavy (non-hydrogen) atoms. The van der Waals surface area contributed by atoms with E-state index in [1.54, 1.807) is 6.07 Å². The molecule has 4 heteroatoms. The minimum absolute atomic E-state index is 0.147. The fourth-order valence-corrected chi connectivity index (χ4v) is 2.09. The fourth-order valence-electron chi connectivity index (χ4n) is 0.849. The van der Waals surface area contributed by atoms with Crippen LogP contribution < -0.4 is 4.74 Å². The van der Waals surface area contributed by atoms with Gasteiger partial charge in [-0.1, -0.05) is 11.6 Å². The van der Waals surface area contributed by atoms with E-state index >= 15 is 0 Å². The van der Waals surface area contributed by atoms with E-state index in [4.69, 9.17) is 16.3 Å². The molecule has 0 spiro atoms. The first kappa shape index (κ1) is 11.3. The first-order valence-corrected chi connectivity index (χ1v) is 5.78. The first-order valence-electron chi connectivity index (χ1n) is 3.82. The van der Waals surface area contributed by atoms with Crippen molar-refractivity contribution in [3.05, 3.63) is 26.1 Å². The maximum absolute atomic E-state index is 5.92. The highest BCUT2D eigenvalue weighted by atomic mass is 79.9. The molecule has 0 aliphatic heterocycles. The first-order chi connectivity index (χ1) is 6.00. The lowest BCUT2D eigenvalue weighted by atomic mass is 10.3.